The molecule has 0 saturated heterocycles. The van der Waals surface area contributed by atoms with E-state index in [2.05, 4.69) is 5.10 Å². The Kier molecular flexibility index (Phi) is 3.46. The number of aromatic nitrogens is 2. The van der Waals surface area contributed by atoms with Gasteiger partial charge in [-0.3, -0.25) is 9.48 Å². The van der Waals surface area contributed by atoms with Crippen LogP contribution in [-0.4, -0.2) is 20.9 Å². The maximum absolute atomic E-state index is 10.6. The summed E-state index contributed by atoms with van der Waals surface area (Å²) < 4.78 is 1.73. The molecule has 0 aliphatic heterocycles. The van der Waals surface area contributed by atoms with Crippen LogP contribution in [0.25, 0.3) is 11.3 Å². The van der Waals surface area contributed by atoms with Crippen molar-refractivity contribution in [3.8, 4) is 11.3 Å². The number of hydrogen-bond acceptors (Lipinski definition) is 2. The summed E-state index contributed by atoms with van der Waals surface area (Å²) in [5.41, 5.74) is 4.07. The summed E-state index contributed by atoms with van der Waals surface area (Å²) in [6.07, 6.45) is 2.52. The van der Waals surface area contributed by atoms with Crippen molar-refractivity contribution in [3.63, 3.8) is 0 Å². The minimum atomic E-state index is -0.784. The molecule has 2 aromatic rings. The van der Waals surface area contributed by atoms with Gasteiger partial charge in [0, 0.05) is 25.2 Å². The van der Waals surface area contributed by atoms with Crippen LogP contribution in [0, 0.1) is 6.92 Å². The first-order valence-electron chi connectivity index (χ1n) is 5.87. The van der Waals surface area contributed by atoms with Gasteiger partial charge in [-0.1, -0.05) is 29.8 Å². The molecule has 18 heavy (non-hydrogen) atoms. The van der Waals surface area contributed by atoms with Crippen molar-refractivity contribution in [1.82, 2.24) is 9.78 Å². The minimum Gasteiger partial charge on any atom is -0.481 e. The third-order valence-electron chi connectivity index (χ3n) is 2.84. The van der Waals surface area contributed by atoms with Gasteiger partial charge in [0.1, 0.15) is 0 Å². The second kappa shape index (κ2) is 5.04. The molecule has 4 nitrogen and oxygen atoms in total. The molecule has 1 heterocycles. The quantitative estimate of drug-likeness (QED) is 0.898. The van der Waals surface area contributed by atoms with Gasteiger partial charge in [0.2, 0.25) is 0 Å². The van der Waals surface area contributed by atoms with E-state index in [1.54, 1.807) is 4.68 Å². The third kappa shape index (κ3) is 2.77. The van der Waals surface area contributed by atoms with E-state index in [1.165, 1.54) is 5.56 Å². The molecule has 0 spiro atoms. The summed E-state index contributed by atoms with van der Waals surface area (Å²) in [4.78, 5) is 10.6. The normalized spacial score (nSPS) is 10.6. The highest BCUT2D eigenvalue weighted by Gasteiger charge is 2.11. The molecular formula is C14H16N2O2. The van der Waals surface area contributed by atoms with Gasteiger partial charge in [-0.2, -0.15) is 5.10 Å². The van der Waals surface area contributed by atoms with Crippen LogP contribution >= 0.6 is 0 Å². The Hall–Kier alpha value is -2.10. The molecule has 0 fully saturated rings. The number of carboxylic acid groups (broad SMARTS) is 1. The number of aliphatic carboxylic acids is 1. The molecule has 0 atom stereocenters. The summed E-state index contributed by atoms with van der Waals surface area (Å²) in [6.45, 7) is 2.04. The van der Waals surface area contributed by atoms with E-state index >= 15 is 0 Å². The highest BCUT2D eigenvalue weighted by molar-refractivity contribution is 5.68. The second-order valence-electron chi connectivity index (χ2n) is 4.44. The molecule has 0 saturated carbocycles. The topological polar surface area (TPSA) is 55.1 Å². The van der Waals surface area contributed by atoms with E-state index in [1.807, 2.05) is 44.4 Å². The fraction of sp³-hybridized carbons (Fsp3) is 0.286. The van der Waals surface area contributed by atoms with Crippen LogP contribution in [0.1, 0.15) is 17.5 Å². The van der Waals surface area contributed by atoms with E-state index in [4.69, 9.17) is 5.11 Å². The standard InChI is InChI=1S/C14H16N2O2/c1-10-3-5-11(6-4-10)14-12(7-8-13(17)18)9-16(2)15-14/h3-6,9H,7-8H2,1-2H3,(H,17,18). The summed E-state index contributed by atoms with van der Waals surface area (Å²) in [7, 11) is 1.85. The number of nitrogens with zero attached hydrogens (tertiary/aromatic N) is 2. The van der Waals surface area contributed by atoms with Crippen molar-refractivity contribution in [2.45, 2.75) is 19.8 Å². The van der Waals surface area contributed by atoms with Gasteiger partial charge in [0.25, 0.3) is 0 Å². The molecular weight excluding hydrogens is 228 g/mol. The van der Waals surface area contributed by atoms with Crippen LogP contribution in [0.3, 0.4) is 0 Å². The Morgan fingerprint density at radius 2 is 2.00 bits per heavy atom. The van der Waals surface area contributed by atoms with Gasteiger partial charge < -0.3 is 5.11 Å². The molecule has 4 heteroatoms. The van der Waals surface area contributed by atoms with Gasteiger partial charge in [-0.05, 0) is 18.9 Å². The molecule has 0 unspecified atom stereocenters. The second-order valence-corrected chi connectivity index (χ2v) is 4.44. The maximum atomic E-state index is 10.6. The Morgan fingerprint density at radius 3 is 2.61 bits per heavy atom. The fourth-order valence-corrected chi connectivity index (χ4v) is 1.92. The molecule has 0 aliphatic carbocycles. The van der Waals surface area contributed by atoms with E-state index in [0.717, 1.165) is 16.8 Å². The SMILES string of the molecule is Cc1ccc(-c2nn(C)cc2CCC(=O)O)cc1. The lowest BCUT2D eigenvalue weighted by Gasteiger charge is -2.01. The predicted molar refractivity (Wildman–Crippen MR) is 69.3 cm³/mol. The minimum absolute atomic E-state index is 0.130. The lowest BCUT2D eigenvalue weighted by Crippen LogP contribution is -1.97. The van der Waals surface area contributed by atoms with E-state index in [9.17, 15) is 4.79 Å². The van der Waals surface area contributed by atoms with Crippen LogP contribution in [0.5, 0.6) is 0 Å². The summed E-state index contributed by atoms with van der Waals surface area (Å²) >= 11 is 0. The predicted octanol–water partition coefficient (Wildman–Crippen LogP) is 2.41. The Morgan fingerprint density at radius 1 is 1.33 bits per heavy atom. The van der Waals surface area contributed by atoms with Crippen molar-refractivity contribution >= 4 is 5.97 Å². The van der Waals surface area contributed by atoms with Gasteiger partial charge in [0.15, 0.2) is 0 Å². The lowest BCUT2D eigenvalue weighted by atomic mass is 10.0. The number of hydrogen-bond donors (Lipinski definition) is 1. The van der Waals surface area contributed by atoms with E-state index < -0.39 is 5.97 Å². The van der Waals surface area contributed by atoms with Crippen molar-refractivity contribution < 1.29 is 9.90 Å². The molecule has 1 aromatic carbocycles. The Labute approximate surface area is 106 Å². The lowest BCUT2D eigenvalue weighted by molar-refractivity contribution is -0.136. The van der Waals surface area contributed by atoms with Crippen LogP contribution < -0.4 is 0 Å². The van der Waals surface area contributed by atoms with Crippen LogP contribution in [0.2, 0.25) is 0 Å². The molecule has 1 N–H and O–H groups in total. The zero-order chi connectivity index (χ0) is 13.1. The first-order chi connectivity index (χ1) is 8.56. The number of aryl methyl sites for hydroxylation is 3. The largest absolute Gasteiger partial charge is 0.481 e. The molecule has 0 amide bonds. The van der Waals surface area contributed by atoms with Crippen molar-refractivity contribution in [1.29, 1.82) is 0 Å². The molecule has 0 bridgehead atoms. The highest BCUT2D eigenvalue weighted by atomic mass is 16.4. The number of rotatable bonds is 4. The first-order valence-corrected chi connectivity index (χ1v) is 5.87. The average molecular weight is 244 g/mol. The van der Waals surface area contributed by atoms with Gasteiger partial charge in [-0.25, -0.2) is 0 Å². The van der Waals surface area contributed by atoms with E-state index in [0.29, 0.717) is 6.42 Å². The monoisotopic (exact) mass is 244 g/mol. The van der Waals surface area contributed by atoms with E-state index in [-0.39, 0.29) is 6.42 Å². The van der Waals surface area contributed by atoms with Gasteiger partial charge >= 0.3 is 5.97 Å². The van der Waals surface area contributed by atoms with Gasteiger partial charge in [0.05, 0.1) is 5.69 Å². The van der Waals surface area contributed by atoms with Gasteiger partial charge in [-0.15, -0.1) is 0 Å². The molecule has 1 aromatic heterocycles. The zero-order valence-electron chi connectivity index (χ0n) is 10.6. The Bertz CT molecular complexity index is 556. The molecule has 0 aliphatic rings. The maximum Gasteiger partial charge on any atom is 0.303 e. The number of benzene rings is 1. The average Bonchev–Trinajstić information content (AvgIpc) is 2.69. The smallest absolute Gasteiger partial charge is 0.303 e. The van der Waals surface area contributed by atoms with Crippen LogP contribution in [-0.2, 0) is 18.3 Å². The molecule has 94 valence electrons. The number of carbonyl (C=O) groups is 1. The van der Waals surface area contributed by atoms with Crippen molar-refractivity contribution in [2.75, 3.05) is 0 Å². The van der Waals surface area contributed by atoms with Crippen LogP contribution in [0.15, 0.2) is 30.5 Å². The fourth-order valence-electron chi connectivity index (χ4n) is 1.92. The highest BCUT2D eigenvalue weighted by Crippen LogP contribution is 2.23. The zero-order valence-corrected chi connectivity index (χ0v) is 10.6. The van der Waals surface area contributed by atoms with Crippen molar-refractivity contribution in [2.24, 2.45) is 7.05 Å². The summed E-state index contributed by atoms with van der Waals surface area (Å²) in [5.74, 6) is -0.784. The van der Waals surface area contributed by atoms with Crippen LogP contribution in [0.4, 0.5) is 0 Å². The molecule has 2 rings (SSSR count). The summed E-state index contributed by atoms with van der Waals surface area (Å²) in [6, 6.07) is 8.10. The number of carboxylic acids is 1. The third-order valence-corrected chi connectivity index (χ3v) is 2.84. The molecule has 0 radical (unpaired) electrons. The van der Waals surface area contributed by atoms with Crippen molar-refractivity contribution in [3.05, 3.63) is 41.6 Å². The first kappa shape index (κ1) is 12.4. The summed E-state index contributed by atoms with van der Waals surface area (Å²) in [5, 5.41) is 13.2. The Balaban J connectivity index is 2.31.